The molecular weight excluding hydrogens is 230 g/mol. The lowest BCUT2D eigenvalue weighted by Crippen LogP contribution is -1.91. The predicted octanol–water partition coefficient (Wildman–Crippen LogP) is 2.27. The van der Waals surface area contributed by atoms with Crippen LogP contribution >= 0.6 is 15.9 Å². The number of aliphatic imine (C=N–C) groups is 1. The summed E-state index contributed by atoms with van der Waals surface area (Å²) in [6.07, 6.45) is 2.26. The topological polar surface area (TPSA) is 24.9 Å². The van der Waals surface area contributed by atoms with Gasteiger partial charge in [-0.05, 0) is 17.7 Å². The first kappa shape index (κ1) is 8.91. The number of epoxide rings is 1. The first-order valence-electron chi connectivity index (χ1n) is 4.21. The highest BCUT2D eigenvalue weighted by Crippen LogP contribution is 2.10. The van der Waals surface area contributed by atoms with Crippen LogP contribution in [0.2, 0.25) is 0 Å². The van der Waals surface area contributed by atoms with Crippen molar-refractivity contribution in [3.05, 3.63) is 34.3 Å². The lowest BCUT2D eigenvalue weighted by molar-refractivity contribution is 0.413. The van der Waals surface area contributed by atoms with E-state index >= 15 is 0 Å². The van der Waals surface area contributed by atoms with Gasteiger partial charge in [-0.3, -0.25) is 4.99 Å². The highest BCUT2D eigenvalue weighted by Gasteiger charge is 2.20. The second-order valence-electron chi connectivity index (χ2n) is 3.00. The molecule has 0 N–H and O–H groups in total. The van der Waals surface area contributed by atoms with Crippen molar-refractivity contribution in [2.24, 2.45) is 4.99 Å². The van der Waals surface area contributed by atoms with Crippen LogP contribution in [0.5, 0.6) is 0 Å². The average Bonchev–Trinajstić information content (AvgIpc) is 2.92. The van der Waals surface area contributed by atoms with Crippen molar-refractivity contribution in [2.75, 3.05) is 13.2 Å². The Kier molecular flexibility index (Phi) is 2.76. The fourth-order valence-corrected chi connectivity index (χ4v) is 1.26. The second-order valence-corrected chi connectivity index (χ2v) is 3.92. The molecule has 3 heteroatoms. The minimum Gasteiger partial charge on any atom is -0.371 e. The molecule has 1 fully saturated rings. The van der Waals surface area contributed by atoms with Crippen molar-refractivity contribution in [3.63, 3.8) is 0 Å². The molecule has 1 saturated heterocycles. The van der Waals surface area contributed by atoms with E-state index in [1.807, 2.05) is 30.5 Å². The maximum atomic E-state index is 5.04. The zero-order valence-electron chi connectivity index (χ0n) is 7.11. The normalized spacial score (nSPS) is 20.8. The van der Waals surface area contributed by atoms with Gasteiger partial charge in [-0.25, -0.2) is 0 Å². The van der Waals surface area contributed by atoms with Gasteiger partial charge in [0.05, 0.1) is 13.2 Å². The van der Waals surface area contributed by atoms with Crippen LogP contribution in [0.4, 0.5) is 0 Å². The van der Waals surface area contributed by atoms with Gasteiger partial charge in [-0.1, -0.05) is 28.1 Å². The molecule has 1 aromatic carbocycles. The number of halogens is 1. The summed E-state index contributed by atoms with van der Waals surface area (Å²) in [5, 5.41) is 0. The first-order chi connectivity index (χ1) is 6.34. The lowest BCUT2D eigenvalue weighted by Gasteiger charge is -1.92. The van der Waals surface area contributed by atoms with E-state index in [4.69, 9.17) is 4.74 Å². The molecule has 0 saturated carbocycles. The summed E-state index contributed by atoms with van der Waals surface area (Å²) < 4.78 is 6.14. The molecular formula is C10H10BrNO. The number of ether oxygens (including phenoxy) is 1. The van der Waals surface area contributed by atoms with Crippen LogP contribution in [0.3, 0.4) is 0 Å². The third-order valence-electron chi connectivity index (χ3n) is 1.82. The first-order valence-corrected chi connectivity index (χ1v) is 5.01. The van der Waals surface area contributed by atoms with Crippen molar-refractivity contribution < 1.29 is 4.74 Å². The minimum atomic E-state index is 0.381. The fourth-order valence-electron chi connectivity index (χ4n) is 0.998. The number of rotatable bonds is 3. The maximum Gasteiger partial charge on any atom is 0.100 e. The standard InChI is InChI=1S/C10H10BrNO/c11-9-3-1-8(2-4-9)5-12-6-10-7-13-10/h1-5,10H,6-7H2/b12-5+. The molecule has 1 aliphatic rings. The number of hydrogen-bond acceptors (Lipinski definition) is 2. The summed E-state index contributed by atoms with van der Waals surface area (Å²) in [4.78, 5) is 4.27. The summed E-state index contributed by atoms with van der Waals surface area (Å²) in [5.74, 6) is 0. The van der Waals surface area contributed by atoms with Crippen LogP contribution in [0.15, 0.2) is 33.7 Å². The molecule has 68 valence electrons. The minimum absolute atomic E-state index is 0.381. The third-order valence-corrected chi connectivity index (χ3v) is 2.35. The van der Waals surface area contributed by atoms with Gasteiger partial charge in [0.2, 0.25) is 0 Å². The van der Waals surface area contributed by atoms with Crippen molar-refractivity contribution >= 4 is 22.1 Å². The molecule has 1 aromatic rings. The largest absolute Gasteiger partial charge is 0.371 e. The smallest absolute Gasteiger partial charge is 0.100 e. The van der Waals surface area contributed by atoms with Crippen LogP contribution in [0.25, 0.3) is 0 Å². The molecule has 1 unspecified atom stereocenters. The average molecular weight is 240 g/mol. The zero-order chi connectivity index (χ0) is 9.10. The van der Waals surface area contributed by atoms with Crippen LogP contribution < -0.4 is 0 Å². The van der Waals surface area contributed by atoms with Gasteiger partial charge in [-0.2, -0.15) is 0 Å². The van der Waals surface area contributed by atoms with Crippen LogP contribution in [-0.4, -0.2) is 25.5 Å². The molecule has 13 heavy (non-hydrogen) atoms. The van der Waals surface area contributed by atoms with Gasteiger partial charge < -0.3 is 4.74 Å². The van der Waals surface area contributed by atoms with Gasteiger partial charge >= 0.3 is 0 Å². The van der Waals surface area contributed by atoms with E-state index in [1.54, 1.807) is 0 Å². The van der Waals surface area contributed by atoms with Crippen LogP contribution in [0, 0.1) is 0 Å². The van der Waals surface area contributed by atoms with E-state index in [1.165, 1.54) is 0 Å². The molecule has 0 radical (unpaired) electrons. The maximum absolute atomic E-state index is 5.04. The van der Waals surface area contributed by atoms with Crippen molar-refractivity contribution in [1.29, 1.82) is 0 Å². The van der Waals surface area contributed by atoms with Gasteiger partial charge in [0.15, 0.2) is 0 Å². The predicted molar refractivity (Wildman–Crippen MR) is 56.3 cm³/mol. The van der Waals surface area contributed by atoms with Crippen molar-refractivity contribution in [1.82, 2.24) is 0 Å². The Labute approximate surface area is 85.8 Å². The van der Waals surface area contributed by atoms with Gasteiger partial charge in [0.25, 0.3) is 0 Å². The molecule has 1 heterocycles. The number of nitrogens with zero attached hydrogens (tertiary/aromatic N) is 1. The van der Waals surface area contributed by atoms with Gasteiger partial charge in [-0.15, -0.1) is 0 Å². The van der Waals surface area contributed by atoms with E-state index in [-0.39, 0.29) is 0 Å². The Bertz CT molecular complexity index is 303. The third kappa shape index (κ3) is 2.94. The Morgan fingerprint density at radius 1 is 1.46 bits per heavy atom. The Balaban J connectivity index is 1.92. The van der Waals surface area contributed by atoms with E-state index in [2.05, 4.69) is 20.9 Å². The number of benzene rings is 1. The van der Waals surface area contributed by atoms with Crippen molar-refractivity contribution in [3.8, 4) is 0 Å². The Morgan fingerprint density at radius 3 is 2.77 bits per heavy atom. The Hall–Kier alpha value is -0.670. The van der Waals surface area contributed by atoms with Crippen LogP contribution in [0.1, 0.15) is 5.56 Å². The quantitative estimate of drug-likeness (QED) is 0.587. The molecule has 0 aliphatic carbocycles. The molecule has 0 aromatic heterocycles. The Morgan fingerprint density at radius 2 is 2.15 bits per heavy atom. The SMILES string of the molecule is Brc1ccc(/C=N/CC2CO2)cc1. The lowest BCUT2D eigenvalue weighted by atomic mass is 10.2. The summed E-state index contributed by atoms with van der Waals surface area (Å²) in [5.41, 5.74) is 1.13. The monoisotopic (exact) mass is 239 g/mol. The van der Waals surface area contributed by atoms with E-state index in [9.17, 15) is 0 Å². The molecule has 1 atom stereocenters. The van der Waals surface area contributed by atoms with Gasteiger partial charge in [0, 0.05) is 10.7 Å². The van der Waals surface area contributed by atoms with E-state index in [0.717, 1.165) is 23.2 Å². The molecule has 0 bridgehead atoms. The van der Waals surface area contributed by atoms with Gasteiger partial charge in [0.1, 0.15) is 6.10 Å². The summed E-state index contributed by atoms with van der Waals surface area (Å²) in [6.45, 7) is 1.66. The molecule has 0 spiro atoms. The zero-order valence-corrected chi connectivity index (χ0v) is 8.70. The summed E-state index contributed by atoms with van der Waals surface area (Å²) in [6, 6.07) is 8.08. The summed E-state index contributed by atoms with van der Waals surface area (Å²) in [7, 11) is 0. The molecule has 0 amide bonds. The van der Waals surface area contributed by atoms with E-state index in [0.29, 0.717) is 6.10 Å². The summed E-state index contributed by atoms with van der Waals surface area (Å²) >= 11 is 3.38. The number of hydrogen-bond donors (Lipinski definition) is 0. The highest BCUT2D eigenvalue weighted by atomic mass is 79.9. The van der Waals surface area contributed by atoms with E-state index < -0.39 is 0 Å². The molecule has 1 aliphatic heterocycles. The molecule has 2 nitrogen and oxygen atoms in total. The fraction of sp³-hybridized carbons (Fsp3) is 0.300. The van der Waals surface area contributed by atoms with Crippen LogP contribution in [-0.2, 0) is 4.74 Å². The van der Waals surface area contributed by atoms with Crippen molar-refractivity contribution in [2.45, 2.75) is 6.10 Å². The highest BCUT2D eigenvalue weighted by molar-refractivity contribution is 9.10. The second kappa shape index (κ2) is 4.03. The molecule has 2 rings (SSSR count).